The molecule has 1 unspecified atom stereocenters. The first-order chi connectivity index (χ1) is 10.1. The molecule has 128 valence electrons. The molecule has 3 atom stereocenters. The van der Waals surface area contributed by atoms with Crippen LogP contribution < -0.4 is 0 Å². The van der Waals surface area contributed by atoms with Crippen LogP contribution in [0.15, 0.2) is 0 Å². The summed E-state index contributed by atoms with van der Waals surface area (Å²) >= 11 is 0. The lowest BCUT2D eigenvalue weighted by molar-refractivity contribution is -0.146. The van der Waals surface area contributed by atoms with Crippen molar-refractivity contribution in [1.29, 1.82) is 0 Å². The molecule has 0 bridgehead atoms. The minimum absolute atomic E-state index is 0.102. The predicted molar refractivity (Wildman–Crippen MR) is 90.7 cm³/mol. The second-order valence-electron chi connectivity index (χ2n) is 8.17. The summed E-state index contributed by atoms with van der Waals surface area (Å²) in [7, 11) is 5.91. The van der Waals surface area contributed by atoms with E-state index in [1.165, 1.54) is 0 Å². The normalized spacial score (nSPS) is 24.2. The SMILES string of the molecule is CC(CN(C)C)N(C)C(=O)[C@@H]1CCCC[C@@H]1C(=O)C(C)(C)C. The third-order valence-electron chi connectivity index (χ3n) is 4.80. The summed E-state index contributed by atoms with van der Waals surface area (Å²) in [6.07, 6.45) is 3.83. The Morgan fingerprint density at radius 2 is 1.55 bits per heavy atom. The third kappa shape index (κ3) is 4.80. The molecule has 1 amide bonds. The average Bonchev–Trinajstić information content (AvgIpc) is 2.43. The summed E-state index contributed by atoms with van der Waals surface area (Å²) in [4.78, 5) is 29.6. The Morgan fingerprint density at radius 1 is 1.05 bits per heavy atom. The summed E-state index contributed by atoms with van der Waals surface area (Å²) < 4.78 is 0. The van der Waals surface area contributed by atoms with Crippen molar-refractivity contribution in [1.82, 2.24) is 9.80 Å². The molecule has 1 saturated carbocycles. The van der Waals surface area contributed by atoms with Crippen LogP contribution in [0.4, 0.5) is 0 Å². The minimum atomic E-state index is -0.367. The number of amides is 1. The van der Waals surface area contributed by atoms with Crippen molar-refractivity contribution < 1.29 is 9.59 Å². The highest BCUT2D eigenvalue weighted by molar-refractivity contribution is 5.91. The van der Waals surface area contributed by atoms with Crippen molar-refractivity contribution in [3.8, 4) is 0 Å². The van der Waals surface area contributed by atoms with Gasteiger partial charge in [-0.1, -0.05) is 33.6 Å². The molecule has 22 heavy (non-hydrogen) atoms. The highest BCUT2D eigenvalue weighted by atomic mass is 16.2. The molecule has 1 rings (SSSR count). The molecule has 1 fully saturated rings. The standard InChI is InChI=1S/C18H34N2O2/c1-13(12-19(5)6)20(7)17(22)15-11-9-8-10-14(15)16(21)18(2,3)4/h13-15H,8-12H2,1-7H3/t13?,14-,15+/m0/s1. The van der Waals surface area contributed by atoms with Crippen molar-refractivity contribution >= 4 is 11.7 Å². The van der Waals surface area contributed by atoms with Gasteiger partial charge in [0.2, 0.25) is 5.91 Å². The van der Waals surface area contributed by atoms with E-state index in [0.717, 1.165) is 32.2 Å². The molecule has 0 saturated heterocycles. The van der Waals surface area contributed by atoms with E-state index < -0.39 is 0 Å². The van der Waals surface area contributed by atoms with E-state index in [0.29, 0.717) is 0 Å². The first kappa shape index (κ1) is 19.1. The zero-order chi connectivity index (χ0) is 17.1. The monoisotopic (exact) mass is 310 g/mol. The summed E-state index contributed by atoms with van der Waals surface area (Å²) in [5, 5.41) is 0. The van der Waals surface area contributed by atoms with E-state index in [4.69, 9.17) is 0 Å². The summed E-state index contributed by atoms with van der Waals surface area (Å²) in [6, 6.07) is 0.162. The maximum Gasteiger partial charge on any atom is 0.226 e. The van der Waals surface area contributed by atoms with Gasteiger partial charge in [0.1, 0.15) is 5.78 Å². The number of likely N-dealkylation sites (N-methyl/N-ethyl adjacent to an activating group) is 2. The Balaban J connectivity index is 2.86. The van der Waals surface area contributed by atoms with Crippen molar-refractivity contribution in [3.63, 3.8) is 0 Å². The van der Waals surface area contributed by atoms with Gasteiger partial charge in [-0.25, -0.2) is 0 Å². The highest BCUT2D eigenvalue weighted by Crippen LogP contribution is 2.36. The molecule has 4 nitrogen and oxygen atoms in total. The Bertz CT molecular complexity index is 398. The predicted octanol–water partition coefficient (Wildman–Crippen LogP) is 2.82. The van der Waals surface area contributed by atoms with Gasteiger partial charge in [0, 0.05) is 36.9 Å². The Kier molecular flexibility index (Phi) is 6.60. The maximum atomic E-state index is 12.9. The second-order valence-corrected chi connectivity index (χ2v) is 8.17. The third-order valence-corrected chi connectivity index (χ3v) is 4.80. The smallest absolute Gasteiger partial charge is 0.226 e. The summed E-state index contributed by atoms with van der Waals surface area (Å²) in [6.45, 7) is 8.80. The maximum absolute atomic E-state index is 12.9. The lowest BCUT2D eigenvalue weighted by Gasteiger charge is -2.37. The number of ketones is 1. The van der Waals surface area contributed by atoms with E-state index in [2.05, 4.69) is 11.8 Å². The summed E-state index contributed by atoms with van der Waals surface area (Å²) in [5.41, 5.74) is -0.367. The van der Waals surface area contributed by atoms with Gasteiger partial charge >= 0.3 is 0 Å². The van der Waals surface area contributed by atoms with Crippen molar-refractivity contribution in [2.45, 2.75) is 59.4 Å². The quantitative estimate of drug-likeness (QED) is 0.784. The molecule has 1 aliphatic carbocycles. The van der Waals surface area contributed by atoms with Crippen LogP contribution in [0.2, 0.25) is 0 Å². The van der Waals surface area contributed by atoms with Gasteiger partial charge in [-0.3, -0.25) is 9.59 Å². The van der Waals surface area contributed by atoms with E-state index in [1.807, 2.05) is 46.8 Å². The largest absolute Gasteiger partial charge is 0.342 e. The molecule has 0 spiro atoms. The van der Waals surface area contributed by atoms with E-state index >= 15 is 0 Å². The number of rotatable bonds is 5. The molecular weight excluding hydrogens is 276 g/mol. The van der Waals surface area contributed by atoms with E-state index in [1.54, 1.807) is 0 Å². The number of carbonyl (C=O) groups excluding carboxylic acids is 2. The molecule has 0 aromatic rings. The zero-order valence-corrected chi connectivity index (χ0v) is 15.5. The number of hydrogen-bond donors (Lipinski definition) is 0. The molecule has 0 N–H and O–H groups in total. The van der Waals surface area contributed by atoms with Crippen LogP contribution in [0.25, 0.3) is 0 Å². The fraction of sp³-hybridized carbons (Fsp3) is 0.889. The lowest BCUT2D eigenvalue weighted by atomic mass is 9.70. The summed E-state index contributed by atoms with van der Waals surface area (Å²) in [5.74, 6) is 0.168. The van der Waals surface area contributed by atoms with Gasteiger partial charge in [-0.2, -0.15) is 0 Å². The number of carbonyl (C=O) groups is 2. The molecule has 0 heterocycles. The van der Waals surface area contributed by atoms with Crippen LogP contribution in [0, 0.1) is 17.3 Å². The Hall–Kier alpha value is -0.900. The van der Waals surface area contributed by atoms with Crippen LogP contribution >= 0.6 is 0 Å². The van der Waals surface area contributed by atoms with Gasteiger partial charge in [0.15, 0.2) is 0 Å². The Morgan fingerprint density at radius 3 is 2.00 bits per heavy atom. The average molecular weight is 310 g/mol. The van der Waals surface area contributed by atoms with Gasteiger partial charge in [-0.15, -0.1) is 0 Å². The molecule has 1 aliphatic rings. The molecule has 0 radical (unpaired) electrons. The van der Waals surface area contributed by atoms with Gasteiger partial charge in [0.05, 0.1) is 0 Å². The fourth-order valence-corrected chi connectivity index (χ4v) is 3.43. The highest BCUT2D eigenvalue weighted by Gasteiger charge is 2.41. The topological polar surface area (TPSA) is 40.6 Å². The van der Waals surface area contributed by atoms with Crippen molar-refractivity contribution in [2.75, 3.05) is 27.7 Å². The van der Waals surface area contributed by atoms with Crippen LogP contribution in [0.5, 0.6) is 0 Å². The van der Waals surface area contributed by atoms with Crippen molar-refractivity contribution in [3.05, 3.63) is 0 Å². The first-order valence-electron chi connectivity index (χ1n) is 8.51. The first-order valence-corrected chi connectivity index (χ1v) is 8.51. The van der Waals surface area contributed by atoms with Gasteiger partial charge in [-0.05, 0) is 33.9 Å². The van der Waals surface area contributed by atoms with Crippen LogP contribution in [-0.2, 0) is 9.59 Å². The molecule has 0 aliphatic heterocycles. The number of nitrogens with zero attached hydrogens (tertiary/aromatic N) is 2. The number of Topliss-reactive ketones (excluding diaryl/α,β-unsaturated/α-hetero) is 1. The minimum Gasteiger partial charge on any atom is -0.342 e. The van der Waals surface area contributed by atoms with Gasteiger partial charge < -0.3 is 9.80 Å². The zero-order valence-electron chi connectivity index (χ0n) is 15.5. The van der Waals surface area contributed by atoms with Crippen molar-refractivity contribution in [2.24, 2.45) is 17.3 Å². The fourth-order valence-electron chi connectivity index (χ4n) is 3.43. The number of hydrogen-bond acceptors (Lipinski definition) is 3. The van der Waals surface area contributed by atoms with E-state index in [9.17, 15) is 9.59 Å². The van der Waals surface area contributed by atoms with Crippen LogP contribution in [0.3, 0.4) is 0 Å². The Labute approximate surface area is 136 Å². The van der Waals surface area contributed by atoms with Crippen LogP contribution in [-0.4, -0.2) is 55.2 Å². The second kappa shape index (κ2) is 7.58. The molecule has 0 aromatic carbocycles. The molecule has 4 heteroatoms. The lowest BCUT2D eigenvalue weighted by Crippen LogP contribution is -2.48. The van der Waals surface area contributed by atoms with Gasteiger partial charge in [0.25, 0.3) is 0 Å². The molecule has 0 aromatic heterocycles. The van der Waals surface area contributed by atoms with Crippen LogP contribution in [0.1, 0.15) is 53.4 Å². The molecular formula is C18H34N2O2. The van der Waals surface area contributed by atoms with E-state index in [-0.39, 0.29) is 35.0 Å².